The average Bonchev–Trinajstić information content (AvgIpc) is 4.13. The zero-order valence-electron chi connectivity index (χ0n) is 41.2. The van der Waals surface area contributed by atoms with Gasteiger partial charge in [-0.3, -0.25) is 19.0 Å². The SMILES string of the molecule is COC(=O)NC(C(=O)N1CCCC1c1cnc(-c2cc(F)c3c(c2)OC(c2ccc(C4(OC(C)=O)CC4)s2)n2c-3cc3cc(-c4ncc(C5CCCN5C(=O)C(NC(=O)OC)C(C)C)[nH]4)ccc32)[nH]1)C(C)C. The minimum Gasteiger partial charge on any atom is -0.464 e. The number of nitrogens with zero attached hydrogens (tertiary/aromatic N) is 5. The van der Waals surface area contributed by atoms with Crippen LogP contribution in [-0.2, 0) is 34.2 Å². The zero-order chi connectivity index (χ0) is 50.7. The number of H-pyrrole nitrogens is 2. The summed E-state index contributed by atoms with van der Waals surface area (Å²) in [5.41, 5.74) is 3.65. The lowest BCUT2D eigenvalue weighted by molar-refractivity contribution is -0.148. The minimum absolute atomic E-state index is 0.166. The molecule has 18 nitrogen and oxygen atoms in total. The Morgan fingerprint density at radius 1 is 0.792 bits per heavy atom. The smallest absolute Gasteiger partial charge is 0.407 e. The Bertz CT molecular complexity index is 3100. The molecule has 2 aromatic carbocycles. The molecule has 4 amide bonds. The summed E-state index contributed by atoms with van der Waals surface area (Å²) < 4.78 is 41.3. The number of alkyl carbamates (subject to hydrolysis) is 2. The summed E-state index contributed by atoms with van der Waals surface area (Å²) in [7, 11) is 2.53. The topological polar surface area (TPSA) is 215 Å². The Labute approximate surface area is 419 Å². The van der Waals surface area contributed by atoms with Crippen molar-refractivity contribution in [1.29, 1.82) is 0 Å². The summed E-state index contributed by atoms with van der Waals surface area (Å²) in [6.07, 6.45) is 5.70. The first kappa shape index (κ1) is 48.4. The van der Waals surface area contributed by atoms with Crippen molar-refractivity contribution >= 4 is 52.2 Å². The third-order valence-corrected chi connectivity index (χ3v) is 15.6. The number of carbonyl (C=O) groups is 5. The molecule has 378 valence electrons. The molecule has 4 aliphatic rings. The van der Waals surface area contributed by atoms with Crippen molar-refractivity contribution in [1.82, 2.24) is 44.9 Å². The first-order valence-electron chi connectivity index (χ1n) is 24.4. The molecular weight excluding hydrogens is 946 g/mol. The van der Waals surface area contributed by atoms with Crippen molar-refractivity contribution in [3.05, 3.63) is 87.9 Å². The molecule has 0 spiro atoms. The van der Waals surface area contributed by atoms with Gasteiger partial charge in [0.1, 0.15) is 40.9 Å². The van der Waals surface area contributed by atoms with E-state index in [-0.39, 0.29) is 47.3 Å². The van der Waals surface area contributed by atoms with Gasteiger partial charge in [0.25, 0.3) is 0 Å². The van der Waals surface area contributed by atoms with Crippen LogP contribution in [0.5, 0.6) is 5.75 Å². The maximum absolute atomic E-state index is 17.0. The standard InChI is InChI=1S/C52H58FN9O9S/c1-26(2)43(58-50(66)68-6)47(64)60-18-8-10-36(60)33-24-54-45(56-33)29-12-13-35-30(20-29)22-38-42-32(53)21-31(23-39(42)70-49(62(35)38)40-14-15-41(72-40)52(16-17-52)71-28(5)63)46-55-25-34(57-46)37-11-9-19-61(37)48(65)44(27(3)4)59-51(67)69-7/h12-15,20-27,36-37,43-44,49H,8-11,16-19H2,1-7H3,(H,54,56)(H,55,57)(H,58,66)(H,59,67). The number of ether oxygens (including phenoxy) is 4. The number of benzene rings is 2. The summed E-state index contributed by atoms with van der Waals surface area (Å²) in [4.78, 5) is 85.8. The summed E-state index contributed by atoms with van der Waals surface area (Å²) >= 11 is 1.49. The molecule has 7 heterocycles. The molecule has 4 aromatic heterocycles. The van der Waals surface area contributed by atoms with Gasteiger partial charge in [0.15, 0.2) is 0 Å². The fraction of sp³-hybridized carbons (Fsp3) is 0.442. The Balaban J connectivity index is 0.984. The molecule has 10 rings (SSSR count). The van der Waals surface area contributed by atoms with E-state index in [0.29, 0.717) is 66.7 Å². The number of nitrogens with one attached hydrogen (secondary N) is 4. The maximum atomic E-state index is 17.0. The molecule has 20 heteroatoms. The van der Waals surface area contributed by atoms with Crippen molar-refractivity contribution < 1.29 is 47.3 Å². The van der Waals surface area contributed by atoms with E-state index < -0.39 is 41.9 Å². The summed E-state index contributed by atoms with van der Waals surface area (Å²) in [6.45, 7) is 9.93. The number of thiophene rings is 1. The van der Waals surface area contributed by atoms with E-state index in [9.17, 15) is 24.0 Å². The third-order valence-electron chi connectivity index (χ3n) is 14.3. The first-order valence-corrected chi connectivity index (χ1v) is 25.3. The maximum Gasteiger partial charge on any atom is 0.407 e. The lowest BCUT2D eigenvalue weighted by atomic mass is 10.0. The lowest BCUT2D eigenvalue weighted by Crippen LogP contribution is -2.51. The number of likely N-dealkylation sites (tertiary alicyclic amines) is 2. The normalized spacial score (nSPS) is 19.7. The highest BCUT2D eigenvalue weighted by atomic mass is 32.1. The largest absolute Gasteiger partial charge is 0.464 e. The van der Waals surface area contributed by atoms with E-state index in [4.69, 9.17) is 23.9 Å². The lowest BCUT2D eigenvalue weighted by Gasteiger charge is -2.30. The number of halogens is 1. The number of amides is 4. The number of aromatic nitrogens is 5. The first-order chi connectivity index (χ1) is 34.6. The number of hydrogen-bond acceptors (Lipinski definition) is 12. The highest BCUT2D eigenvalue weighted by Gasteiger charge is 2.50. The van der Waals surface area contributed by atoms with Crippen LogP contribution in [0.25, 0.3) is 44.9 Å². The van der Waals surface area contributed by atoms with E-state index in [1.807, 2.05) is 68.7 Å². The van der Waals surface area contributed by atoms with E-state index in [1.54, 1.807) is 28.3 Å². The van der Waals surface area contributed by atoms with E-state index >= 15 is 4.39 Å². The van der Waals surface area contributed by atoms with Gasteiger partial charge in [-0.05, 0) is 98.9 Å². The number of hydrogen-bond donors (Lipinski definition) is 4. The van der Waals surface area contributed by atoms with Gasteiger partial charge in [0, 0.05) is 41.4 Å². The Kier molecular flexibility index (Phi) is 12.8. The van der Waals surface area contributed by atoms with Crippen molar-refractivity contribution in [3.63, 3.8) is 0 Å². The molecule has 1 aliphatic carbocycles. The summed E-state index contributed by atoms with van der Waals surface area (Å²) in [5.74, 6) is -0.352. The molecule has 6 aromatic rings. The molecule has 3 aliphatic heterocycles. The van der Waals surface area contributed by atoms with Crippen molar-refractivity contribution in [2.24, 2.45) is 11.8 Å². The number of imidazole rings is 2. The molecule has 0 bridgehead atoms. The second-order valence-corrected chi connectivity index (χ2v) is 20.8. The molecule has 1 saturated carbocycles. The second kappa shape index (κ2) is 19.1. The molecule has 72 heavy (non-hydrogen) atoms. The number of methoxy groups -OCH3 is 2. The van der Waals surface area contributed by atoms with Crippen LogP contribution in [0.3, 0.4) is 0 Å². The predicted octanol–water partition coefficient (Wildman–Crippen LogP) is 8.87. The molecular formula is C52H58FN9O9S. The minimum atomic E-state index is -0.786. The van der Waals surface area contributed by atoms with Crippen LogP contribution in [0, 0.1) is 17.7 Å². The monoisotopic (exact) mass is 1000 g/mol. The molecule has 3 fully saturated rings. The molecule has 5 atom stereocenters. The van der Waals surface area contributed by atoms with Gasteiger partial charge in [-0.25, -0.2) is 23.9 Å². The van der Waals surface area contributed by atoms with Crippen molar-refractivity contribution in [2.75, 3.05) is 27.3 Å². The van der Waals surface area contributed by atoms with Gasteiger partial charge in [-0.15, -0.1) is 11.3 Å². The molecule has 4 N–H and O–H groups in total. The third kappa shape index (κ3) is 8.82. The number of aromatic amines is 2. The fourth-order valence-electron chi connectivity index (χ4n) is 10.5. The fourth-order valence-corrected chi connectivity index (χ4v) is 11.7. The highest BCUT2D eigenvalue weighted by Crippen LogP contribution is 2.54. The predicted molar refractivity (Wildman–Crippen MR) is 264 cm³/mol. The average molecular weight is 1000 g/mol. The van der Waals surface area contributed by atoms with Crippen LogP contribution in [0.2, 0.25) is 0 Å². The van der Waals surface area contributed by atoms with Crippen molar-refractivity contribution in [3.8, 4) is 39.8 Å². The summed E-state index contributed by atoms with van der Waals surface area (Å²) in [6, 6.07) is 12.9. The number of fused-ring (bicyclic) bond motifs is 5. The molecule has 0 radical (unpaired) electrons. The Morgan fingerprint density at radius 2 is 1.38 bits per heavy atom. The van der Waals surface area contributed by atoms with Gasteiger partial charge >= 0.3 is 18.2 Å². The Hall–Kier alpha value is -7.22. The van der Waals surface area contributed by atoms with Gasteiger partial charge < -0.3 is 49.3 Å². The van der Waals surface area contributed by atoms with Crippen LogP contribution in [0.15, 0.2) is 60.9 Å². The van der Waals surface area contributed by atoms with Gasteiger partial charge in [0.05, 0.1) is 71.7 Å². The van der Waals surface area contributed by atoms with Crippen LogP contribution in [0.1, 0.15) is 113 Å². The molecule has 5 unspecified atom stereocenters. The Morgan fingerprint density at radius 3 is 1.92 bits per heavy atom. The van der Waals surface area contributed by atoms with Crippen LogP contribution >= 0.6 is 11.3 Å². The number of rotatable bonds is 13. The van der Waals surface area contributed by atoms with E-state index in [1.165, 1.54) is 38.5 Å². The van der Waals surface area contributed by atoms with Gasteiger partial charge in [0.2, 0.25) is 18.0 Å². The summed E-state index contributed by atoms with van der Waals surface area (Å²) in [5, 5.41) is 6.19. The van der Waals surface area contributed by atoms with E-state index in [0.717, 1.165) is 51.2 Å². The van der Waals surface area contributed by atoms with Gasteiger partial charge in [-0.2, -0.15) is 0 Å². The second-order valence-electron chi connectivity index (χ2n) is 19.7. The van der Waals surface area contributed by atoms with Crippen LogP contribution < -0.4 is 15.4 Å². The zero-order valence-corrected chi connectivity index (χ0v) is 42.0. The van der Waals surface area contributed by atoms with Crippen molar-refractivity contribution in [2.45, 2.75) is 109 Å². The number of carbonyl (C=O) groups excluding carboxylic acids is 5. The van der Waals surface area contributed by atoms with E-state index in [2.05, 4.69) is 25.6 Å². The highest BCUT2D eigenvalue weighted by molar-refractivity contribution is 7.12. The quantitative estimate of drug-likeness (QED) is 0.0633. The molecule has 2 saturated heterocycles. The van der Waals surface area contributed by atoms with Crippen LogP contribution in [0.4, 0.5) is 14.0 Å². The number of esters is 1. The van der Waals surface area contributed by atoms with Crippen LogP contribution in [-0.4, -0.2) is 104 Å². The van der Waals surface area contributed by atoms with Gasteiger partial charge in [-0.1, -0.05) is 27.7 Å².